The van der Waals surface area contributed by atoms with Crippen LogP contribution in [0.15, 0.2) is 36.5 Å². The number of hydrogen-bond acceptors (Lipinski definition) is 5. The Morgan fingerprint density at radius 1 is 0.373 bits per heavy atom. The first kappa shape index (κ1) is 73.1. The standard InChI is InChI=1S/C69H131NO5/c1-3-5-7-9-11-13-15-17-19-20-21-22-23-25-28-31-34-37-41-45-49-53-57-61-67(72)66(65-71)70-68(73)62-58-54-50-46-42-38-35-32-29-26-24-27-30-33-36-40-44-48-52-56-60-64-75-69(74)63-59-55-51-47-43-39-18-16-14-12-10-8-6-4-2/h16,18,40,44,52,56,66-67,71-72H,3-15,17,19-39,41-43,45-51,53-55,57-65H2,1-2H3,(H,70,73)/b18-16-,44-40-,56-52-. The van der Waals surface area contributed by atoms with Gasteiger partial charge in [-0.15, -0.1) is 0 Å². The van der Waals surface area contributed by atoms with Gasteiger partial charge in [-0.05, 0) is 70.6 Å². The van der Waals surface area contributed by atoms with Crippen molar-refractivity contribution < 1.29 is 24.5 Å². The lowest BCUT2D eigenvalue weighted by atomic mass is 10.0. The Morgan fingerprint density at radius 3 is 1.03 bits per heavy atom. The molecule has 6 heteroatoms. The van der Waals surface area contributed by atoms with Gasteiger partial charge in [0.2, 0.25) is 5.91 Å². The van der Waals surface area contributed by atoms with Crippen LogP contribution in [0.4, 0.5) is 0 Å². The van der Waals surface area contributed by atoms with Crippen molar-refractivity contribution in [1.82, 2.24) is 5.32 Å². The number of hydrogen-bond donors (Lipinski definition) is 3. The van der Waals surface area contributed by atoms with Crippen molar-refractivity contribution in [2.24, 2.45) is 0 Å². The van der Waals surface area contributed by atoms with Crippen molar-refractivity contribution in [2.75, 3.05) is 13.2 Å². The number of unbranched alkanes of at least 4 members (excludes halogenated alkanes) is 46. The van der Waals surface area contributed by atoms with Gasteiger partial charge in [0.25, 0.3) is 0 Å². The second-order valence-corrected chi connectivity index (χ2v) is 23.1. The van der Waals surface area contributed by atoms with E-state index in [9.17, 15) is 19.8 Å². The number of carbonyl (C=O) groups is 2. The minimum absolute atomic E-state index is 0.0362. The highest BCUT2D eigenvalue weighted by Crippen LogP contribution is 2.18. The molecule has 0 aliphatic rings. The number of ether oxygens (including phenoxy) is 1. The smallest absolute Gasteiger partial charge is 0.305 e. The molecule has 0 aromatic heterocycles. The van der Waals surface area contributed by atoms with E-state index >= 15 is 0 Å². The molecule has 3 N–H and O–H groups in total. The van der Waals surface area contributed by atoms with E-state index in [4.69, 9.17) is 4.74 Å². The molecule has 0 radical (unpaired) electrons. The van der Waals surface area contributed by atoms with Gasteiger partial charge in [-0.2, -0.15) is 0 Å². The highest BCUT2D eigenvalue weighted by Gasteiger charge is 2.20. The summed E-state index contributed by atoms with van der Waals surface area (Å²) in [6.07, 6.45) is 81.9. The first-order chi connectivity index (χ1) is 37.0. The number of aliphatic hydroxyl groups excluding tert-OH is 2. The van der Waals surface area contributed by atoms with Gasteiger partial charge in [0, 0.05) is 12.8 Å². The molecule has 0 heterocycles. The third kappa shape index (κ3) is 61.2. The summed E-state index contributed by atoms with van der Waals surface area (Å²) in [5, 5.41) is 23.4. The molecule has 0 rings (SSSR count). The fourth-order valence-electron chi connectivity index (χ4n) is 10.5. The van der Waals surface area contributed by atoms with Gasteiger partial charge in [0.1, 0.15) is 0 Å². The van der Waals surface area contributed by atoms with Gasteiger partial charge < -0.3 is 20.3 Å². The molecule has 0 spiro atoms. The van der Waals surface area contributed by atoms with Gasteiger partial charge in [0.15, 0.2) is 0 Å². The van der Waals surface area contributed by atoms with Gasteiger partial charge in [0.05, 0.1) is 25.4 Å². The van der Waals surface area contributed by atoms with E-state index in [-0.39, 0.29) is 18.5 Å². The summed E-state index contributed by atoms with van der Waals surface area (Å²) in [6, 6.07) is -0.547. The fourth-order valence-corrected chi connectivity index (χ4v) is 10.5. The molecule has 0 bridgehead atoms. The van der Waals surface area contributed by atoms with E-state index in [0.717, 1.165) is 51.4 Å². The van der Waals surface area contributed by atoms with Gasteiger partial charge >= 0.3 is 5.97 Å². The zero-order valence-corrected chi connectivity index (χ0v) is 50.5. The van der Waals surface area contributed by atoms with E-state index in [2.05, 4.69) is 55.6 Å². The monoisotopic (exact) mass is 1050 g/mol. The Balaban J connectivity index is 3.45. The molecule has 0 aromatic carbocycles. The van der Waals surface area contributed by atoms with Crippen molar-refractivity contribution in [1.29, 1.82) is 0 Å². The Morgan fingerprint density at radius 2 is 0.667 bits per heavy atom. The first-order valence-corrected chi connectivity index (χ1v) is 33.7. The van der Waals surface area contributed by atoms with E-state index in [1.807, 2.05) is 0 Å². The topological polar surface area (TPSA) is 95.9 Å². The molecule has 0 aliphatic heterocycles. The lowest BCUT2D eigenvalue weighted by Gasteiger charge is -2.22. The van der Waals surface area contributed by atoms with Gasteiger partial charge in [-0.3, -0.25) is 9.59 Å². The van der Waals surface area contributed by atoms with Crippen molar-refractivity contribution >= 4 is 11.9 Å². The maximum atomic E-state index is 12.5. The van der Waals surface area contributed by atoms with E-state index < -0.39 is 12.1 Å². The number of rotatable bonds is 63. The summed E-state index contributed by atoms with van der Waals surface area (Å²) in [7, 11) is 0. The average molecular weight is 1050 g/mol. The van der Waals surface area contributed by atoms with Crippen LogP contribution >= 0.6 is 0 Å². The summed E-state index contributed by atoms with van der Waals surface area (Å²) >= 11 is 0. The van der Waals surface area contributed by atoms with Crippen LogP contribution in [0, 0.1) is 0 Å². The molecule has 0 saturated heterocycles. The van der Waals surface area contributed by atoms with Crippen molar-refractivity contribution in [3.8, 4) is 0 Å². The molecular weight excluding hydrogens is 923 g/mol. The largest absolute Gasteiger partial charge is 0.465 e. The van der Waals surface area contributed by atoms with Crippen LogP contribution in [0.5, 0.6) is 0 Å². The summed E-state index contributed by atoms with van der Waals surface area (Å²) in [5.74, 6) is -0.0793. The second-order valence-electron chi connectivity index (χ2n) is 23.1. The molecule has 1 amide bonds. The summed E-state index contributed by atoms with van der Waals surface area (Å²) in [5.41, 5.74) is 0. The minimum atomic E-state index is -0.670. The summed E-state index contributed by atoms with van der Waals surface area (Å²) in [6.45, 7) is 4.86. The number of nitrogens with one attached hydrogen (secondary N) is 1. The van der Waals surface area contributed by atoms with E-state index in [1.54, 1.807) is 0 Å². The maximum Gasteiger partial charge on any atom is 0.305 e. The third-order valence-electron chi connectivity index (χ3n) is 15.7. The fraction of sp³-hybridized carbons (Fsp3) is 0.884. The Hall–Kier alpha value is -1.92. The number of allylic oxidation sites excluding steroid dienone is 5. The number of amides is 1. The van der Waals surface area contributed by atoms with Crippen LogP contribution in [-0.4, -0.2) is 47.4 Å². The van der Waals surface area contributed by atoms with Crippen LogP contribution in [0.2, 0.25) is 0 Å². The Kier molecular flexibility index (Phi) is 63.0. The van der Waals surface area contributed by atoms with Crippen molar-refractivity contribution in [3.63, 3.8) is 0 Å². The number of esters is 1. The highest BCUT2D eigenvalue weighted by molar-refractivity contribution is 5.76. The molecule has 0 aromatic rings. The quantitative estimate of drug-likeness (QED) is 0.0320. The number of aliphatic hydroxyl groups is 2. The zero-order valence-electron chi connectivity index (χ0n) is 50.5. The first-order valence-electron chi connectivity index (χ1n) is 33.7. The van der Waals surface area contributed by atoms with E-state index in [1.165, 1.54) is 283 Å². The minimum Gasteiger partial charge on any atom is -0.465 e. The summed E-state index contributed by atoms with van der Waals surface area (Å²) < 4.78 is 5.41. The molecule has 0 aliphatic carbocycles. The normalized spacial score (nSPS) is 12.7. The van der Waals surface area contributed by atoms with Crippen LogP contribution in [0.1, 0.15) is 367 Å². The van der Waals surface area contributed by atoms with Gasteiger partial charge in [-0.25, -0.2) is 0 Å². The molecule has 75 heavy (non-hydrogen) atoms. The Labute approximate surface area is 468 Å². The van der Waals surface area contributed by atoms with Crippen LogP contribution in [-0.2, 0) is 14.3 Å². The zero-order chi connectivity index (χ0) is 54.3. The Bertz CT molecular complexity index is 1210. The van der Waals surface area contributed by atoms with Crippen LogP contribution < -0.4 is 5.32 Å². The second kappa shape index (κ2) is 64.6. The predicted octanol–water partition coefficient (Wildman–Crippen LogP) is 21.5. The maximum absolute atomic E-state index is 12.5. The number of carbonyl (C=O) groups excluding carboxylic acids is 2. The molecule has 0 saturated carbocycles. The molecular formula is C69H131NO5. The molecule has 6 nitrogen and oxygen atoms in total. The lowest BCUT2D eigenvalue weighted by Crippen LogP contribution is -2.45. The molecule has 2 atom stereocenters. The van der Waals surface area contributed by atoms with Crippen LogP contribution in [0.25, 0.3) is 0 Å². The van der Waals surface area contributed by atoms with Crippen molar-refractivity contribution in [2.45, 2.75) is 379 Å². The van der Waals surface area contributed by atoms with Crippen molar-refractivity contribution in [3.05, 3.63) is 36.5 Å². The lowest BCUT2D eigenvalue weighted by molar-refractivity contribution is -0.143. The molecule has 0 fully saturated rings. The molecule has 442 valence electrons. The SMILES string of the molecule is CCCCCCC/C=C\CCCCCCCC(=O)OCC/C=C\C/C=C\CCCCCCCCCCCCCCCCC(=O)NC(CO)C(O)CCCCCCCCCCCCCCCCCCCCCCCCC. The molecule has 2 unspecified atom stereocenters. The van der Waals surface area contributed by atoms with E-state index in [0.29, 0.717) is 25.9 Å². The third-order valence-corrected chi connectivity index (χ3v) is 15.7. The summed E-state index contributed by atoms with van der Waals surface area (Å²) in [4.78, 5) is 24.6. The predicted molar refractivity (Wildman–Crippen MR) is 329 cm³/mol. The highest BCUT2D eigenvalue weighted by atomic mass is 16.5. The van der Waals surface area contributed by atoms with Gasteiger partial charge in [-0.1, -0.05) is 320 Å². The average Bonchev–Trinajstić information content (AvgIpc) is 3.41. The van der Waals surface area contributed by atoms with Crippen LogP contribution in [0.3, 0.4) is 0 Å².